The van der Waals surface area contributed by atoms with Gasteiger partial charge in [-0.2, -0.15) is 0 Å². The van der Waals surface area contributed by atoms with Gasteiger partial charge in [-0.3, -0.25) is 14.4 Å². The van der Waals surface area contributed by atoms with Crippen LogP contribution in [0.3, 0.4) is 0 Å². The number of alkyl halides is 1. The lowest BCUT2D eigenvalue weighted by Crippen LogP contribution is -2.54. The van der Waals surface area contributed by atoms with Gasteiger partial charge in [0.1, 0.15) is 11.6 Å². The van der Waals surface area contributed by atoms with Crippen molar-refractivity contribution in [2.75, 3.05) is 25.5 Å². The summed E-state index contributed by atoms with van der Waals surface area (Å²) in [6.07, 6.45) is 3.04. The molecule has 1 aromatic carbocycles. The number of rotatable bonds is 9. The fourth-order valence-electron chi connectivity index (χ4n) is 5.65. The molecule has 1 spiro atoms. The third kappa shape index (κ3) is 4.17. The first kappa shape index (κ1) is 24.4. The van der Waals surface area contributed by atoms with Crippen molar-refractivity contribution >= 4 is 50.9 Å². The number of para-hydroxylation sites is 1. The molecule has 1 aromatic rings. The highest BCUT2D eigenvalue weighted by Gasteiger charge is 2.76. The Bertz CT molecular complexity index is 933. The summed E-state index contributed by atoms with van der Waals surface area (Å²) in [6, 6.07) is 6.07. The van der Waals surface area contributed by atoms with Crippen molar-refractivity contribution in [3.8, 4) is 0 Å². The number of ether oxygens (including phenoxy) is 1. The minimum atomic E-state index is -1.08. The van der Waals surface area contributed by atoms with E-state index in [0.717, 1.165) is 12.8 Å². The van der Waals surface area contributed by atoms with Crippen LogP contribution in [0.15, 0.2) is 24.3 Å². The molecule has 3 saturated heterocycles. The maximum atomic E-state index is 13.7. The predicted octanol–water partition coefficient (Wildman–Crippen LogP) is 2.33. The van der Waals surface area contributed by atoms with E-state index in [0.29, 0.717) is 36.5 Å². The normalized spacial score (nSPS) is 32.2. The first-order chi connectivity index (χ1) is 15.9. The number of hydrogen-bond donors (Lipinski definition) is 3. The molecule has 3 fully saturated rings. The second kappa shape index (κ2) is 9.90. The number of nitrogens with one attached hydrogen (secondary N) is 2. The largest absolute Gasteiger partial charge is 0.396 e. The summed E-state index contributed by atoms with van der Waals surface area (Å²) in [5, 5.41) is 15.0. The molecular formula is C23H29BrClN3O5. The summed E-state index contributed by atoms with van der Waals surface area (Å²) in [5.41, 5.74) is -0.617. The van der Waals surface area contributed by atoms with Gasteiger partial charge in [-0.1, -0.05) is 52.5 Å². The Morgan fingerprint density at radius 1 is 1.24 bits per heavy atom. The number of unbranched alkanes of at least 4 members (excludes halogenated alkanes) is 3. The molecule has 0 radical (unpaired) electrons. The number of hydrogen-bond acceptors (Lipinski definition) is 5. The average molecular weight is 543 g/mol. The minimum absolute atomic E-state index is 0.131. The second-order valence-electron chi connectivity index (χ2n) is 8.92. The number of anilines is 1. The highest BCUT2D eigenvalue weighted by atomic mass is 79.9. The van der Waals surface area contributed by atoms with E-state index < -0.39 is 29.6 Å². The van der Waals surface area contributed by atoms with Crippen molar-refractivity contribution in [2.24, 2.45) is 11.8 Å². The van der Waals surface area contributed by atoms with Crippen LogP contribution in [0.25, 0.3) is 0 Å². The van der Waals surface area contributed by atoms with E-state index in [1.165, 1.54) is 0 Å². The van der Waals surface area contributed by atoms with Crippen molar-refractivity contribution < 1.29 is 24.2 Å². The van der Waals surface area contributed by atoms with E-state index in [1.54, 1.807) is 36.2 Å². The highest BCUT2D eigenvalue weighted by Crippen LogP contribution is 2.60. The lowest BCUT2D eigenvalue weighted by molar-refractivity contribution is -0.140. The molecule has 33 heavy (non-hydrogen) atoms. The van der Waals surface area contributed by atoms with Crippen molar-refractivity contribution in [3.63, 3.8) is 0 Å². The maximum absolute atomic E-state index is 13.7. The van der Waals surface area contributed by atoms with Gasteiger partial charge in [0.2, 0.25) is 17.7 Å². The molecule has 0 aliphatic carbocycles. The van der Waals surface area contributed by atoms with Gasteiger partial charge in [-0.25, -0.2) is 0 Å². The molecule has 2 bridgehead atoms. The highest BCUT2D eigenvalue weighted by molar-refractivity contribution is 9.09. The van der Waals surface area contributed by atoms with Crippen LogP contribution in [0.5, 0.6) is 0 Å². The lowest BCUT2D eigenvalue weighted by Gasteiger charge is -2.34. The summed E-state index contributed by atoms with van der Waals surface area (Å²) in [6.45, 7) is 0.511. The lowest BCUT2D eigenvalue weighted by atomic mass is 9.70. The number of nitrogens with zero attached hydrogens (tertiary/aromatic N) is 1. The molecule has 3 amide bonds. The third-order valence-corrected chi connectivity index (χ3v) is 8.20. The molecule has 180 valence electrons. The molecular weight excluding hydrogens is 514 g/mol. The summed E-state index contributed by atoms with van der Waals surface area (Å²) in [5.74, 6) is -2.20. The summed E-state index contributed by atoms with van der Waals surface area (Å²) < 4.78 is 6.38. The molecule has 3 unspecified atom stereocenters. The van der Waals surface area contributed by atoms with E-state index in [2.05, 4.69) is 26.6 Å². The Labute approximate surface area is 206 Å². The zero-order valence-electron chi connectivity index (χ0n) is 18.4. The number of benzene rings is 1. The van der Waals surface area contributed by atoms with Crippen LogP contribution in [0.2, 0.25) is 5.02 Å². The van der Waals surface area contributed by atoms with Gasteiger partial charge < -0.3 is 25.4 Å². The Morgan fingerprint density at radius 3 is 2.67 bits per heavy atom. The molecule has 3 heterocycles. The van der Waals surface area contributed by atoms with Crippen molar-refractivity contribution in [3.05, 3.63) is 29.3 Å². The summed E-state index contributed by atoms with van der Waals surface area (Å²) >= 11 is 9.89. The molecule has 6 atom stereocenters. The van der Waals surface area contributed by atoms with E-state index in [1.807, 2.05) is 0 Å². The van der Waals surface area contributed by atoms with E-state index >= 15 is 0 Å². The van der Waals surface area contributed by atoms with Gasteiger partial charge in [-0.05, 0) is 31.4 Å². The maximum Gasteiger partial charge on any atom is 0.250 e. The van der Waals surface area contributed by atoms with Crippen LogP contribution in [-0.4, -0.2) is 70.5 Å². The molecule has 3 aliphatic heterocycles. The topological polar surface area (TPSA) is 108 Å². The molecule has 3 aliphatic rings. The van der Waals surface area contributed by atoms with Gasteiger partial charge in [0, 0.05) is 25.0 Å². The third-order valence-electron chi connectivity index (χ3n) is 7.03. The van der Waals surface area contributed by atoms with Crippen molar-refractivity contribution in [1.29, 1.82) is 0 Å². The first-order valence-electron chi connectivity index (χ1n) is 11.4. The smallest absolute Gasteiger partial charge is 0.250 e. The van der Waals surface area contributed by atoms with Gasteiger partial charge in [0.25, 0.3) is 0 Å². The fourth-order valence-corrected chi connectivity index (χ4v) is 6.77. The predicted molar refractivity (Wildman–Crippen MR) is 127 cm³/mol. The standard InChI is InChI=1S/C23H29BrClN3O5/c1-26-20(30)16-17-22(32)28(10-6-2-3-7-11-29)19(23(17)12-13(24)18(16)33-23)21(31)27-15-9-5-4-8-14(15)25/h4-5,8-9,13,16-19,29H,2-3,6-7,10-12H2,1H3,(H,26,30)(H,27,31)/t13?,16-,17-,18-,19?,23?/m0/s1. The monoisotopic (exact) mass is 541 g/mol. The van der Waals surface area contributed by atoms with Gasteiger partial charge in [-0.15, -0.1) is 0 Å². The quantitative estimate of drug-likeness (QED) is 0.328. The molecule has 4 rings (SSSR count). The molecule has 0 aromatic heterocycles. The summed E-state index contributed by atoms with van der Waals surface area (Å²) in [7, 11) is 1.55. The number of carbonyl (C=O) groups excluding carboxylic acids is 3. The van der Waals surface area contributed by atoms with Crippen LogP contribution in [0, 0.1) is 11.8 Å². The van der Waals surface area contributed by atoms with E-state index in [-0.39, 0.29) is 29.2 Å². The number of fused-ring (bicyclic) bond motifs is 1. The molecule has 3 N–H and O–H groups in total. The summed E-state index contributed by atoms with van der Waals surface area (Å²) in [4.78, 5) is 41.5. The van der Waals surface area contributed by atoms with Crippen LogP contribution in [0.4, 0.5) is 5.69 Å². The first-order valence-corrected chi connectivity index (χ1v) is 12.6. The van der Waals surface area contributed by atoms with Crippen LogP contribution in [-0.2, 0) is 19.1 Å². The van der Waals surface area contributed by atoms with Crippen LogP contribution in [0.1, 0.15) is 32.1 Å². The SMILES string of the molecule is CNC(=O)[C@H]1[C@H]2C(=O)N(CCCCCCO)C(C(=O)Nc3ccccc3Cl)C23CC(Br)[C@@H]1O3. The Hall–Kier alpha value is -1.68. The van der Waals surface area contributed by atoms with Gasteiger partial charge in [0.05, 0.1) is 28.6 Å². The minimum Gasteiger partial charge on any atom is -0.396 e. The van der Waals surface area contributed by atoms with E-state index in [4.69, 9.17) is 21.4 Å². The van der Waals surface area contributed by atoms with Gasteiger partial charge >= 0.3 is 0 Å². The van der Waals surface area contributed by atoms with Gasteiger partial charge in [0.15, 0.2) is 0 Å². The number of amides is 3. The molecule has 0 saturated carbocycles. The fraction of sp³-hybridized carbons (Fsp3) is 0.609. The molecule has 10 heteroatoms. The number of likely N-dealkylation sites (tertiary alicyclic amines) is 1. The van der Waals surface area contributed by atoms with Crippen molar-refractivity contribution in [1.82, 2.24) is 10.2 Å². The second-order valence-corrected chi connectivity index (χ2v) is 10.5. The Morgan fingerprint density at radius 2 is 1.97 bits per heavy atom. The Kier molecular flexibility index (Phi) is 7.33. The Balaban J connectivity index is 1.65. The number of aliphatic hydroxyl groups is 1. The van der Waals surface area contributed by atoms with Crippen LogP contribution >= 0.6 is 27.5 Å². The number of carbonyl (C=O) groups is 3. The zero-order valence-corrected chi connectivity index (χ0v) is 20.8. The zero-order chi connectivity index (χ0) is 23.8. The van der Waals surface area contributed by atoms with E-state index in [9.17, 15) is 14.4 Å². The molecule has 8 nitrogen and oxygen atoms in total. The average Bonchev–Trinajstić information content (AvgIpc) is 3.38. The van der Waals surface area contributed by atoms with Crippen molar-refractivity contribution in [2.45, 2.75) is 54.7 Å². The number of halogens is 2. The number of aliphatic hydroxyl groups excluding tert-OH is 1. The van der Waals surface area contributed by atoms with Crippen LogP contribution < -0.4 is 10.6 Å².